The number of anilines is 1. The topological polar surface area (TPSA) is 114 Å². The molecule has 8 nitrogen and oxygen atoms in total. The lowest BCUT2D eigenvalue weighted by Crippen LogP contribution is -2.29. The number of benzene rings is 3. The minimum absolute atomic E-state index is 0.0381. The van der Waals surface area contributed by atoms with Gasteiger partial charge in [-0.3, -0.25) is 4.79 Å². The lowest BCUT2D eigenvalue weighted by Gasteiger charge is -2.29. The van der Waals surface area contributed by atoms with Gasteiger partial charge in [-0.1, -0.05) is 48.5 Å². The highest BCUT2D eigenvalue weighted by atomic mass is 16.7. The number of aliphatic hydroxyl groups is 1. The first-order chi connectivity index (χ1) is 17.5. The van der Waals surface area contributed by atoms with E-state index in [1.165, 1.54) is 13.2 Å². The van der Waals surface area contributed by atoms with Crippen molar-refractivity contribution >= 4 is 17.6 Å². The quantitative estimate of drug-likeness (QED) is 0.320. The summed E-state index contributed by atoms with van der Waals surface area (Å²) in [6, 6.07) is 20.7. The number of carbonyl (C=O) groups is 2. The Morgan fingerprint density at radius 2 is 1.69 bits per heavy atom. The van der Waals surface area contributed by atoms with Crippen molar-refractivity contribution in [1.82, 2.24) is 0 Å². The molecule has 3 N–H and O–H groups in total. The molecule has 3 aromatic carbocycles. The summed E-state index contributed by atoms with van der Waals surface area (Å²) >= 11 is 0. The van der Waals surface area contributed by atoms with Gasteiger partial charge in [0.05, 0.1) is 31.6 Å². The number of methoxy groups -OCH3 is 1. The van der Waals surface area contributed by atoms with E-state index in [4.69, 9.17) is 14.2 Å². The zero-order valence-corrected chi connectivity index (χ0v) is 19.7. The van der Waals surface area contributed by atoms with Crippen molar-refractivity contribution in [2.24, 2.45) is 0 Å². The number of phenolic OH excluding ortho intramolecular Hbond substituents is 1. The fourth-order valence-electron chi connectivity index (χ4n) is 3.83. The molecule has 1 aliphatic rings. The SMILES string of the molecule is COC(=O)c1ccc(C2C=C(C(=O)Nc3ccccc3O)OC(OCc3ccc(CO)cc3)C2)cc1. The molecule has 3 aromatic rings. The smallest absolute Gasteiger partial charge is 0.337 e. The highest BCUT2D eigenvalue weighted by molar-refractivity contribution is 6.03. The molecule has 0 saturated heterocycles. The molecule has 36 heavy (non-hydrogen) atoms. The molecular weight excluding hydrogens is 462 g/mol. The monoisotopic (exact) mass is 489 g/mol. The molecule has 0 bridgehead atoms. The number of allylic oxidation sites excluding steroid dienone is 1. The van der Waals surface area contributed by atoms with E-state index in [2.05, 4.69) is 5.32 Å². The van der Waals surface area contributed by atoms with Crippen molar-refractivity contribution in [1.29, 1.82) is 0 Å². The van der Waals surface area contributed by atoms with Crippen LogP contribution in [-0.2, 0) is 32.2 Å². The maximum Gasteiger partial charge on any atom is 0.337 e. The van der Waals surface area contributed by atoms with E-state index < -0.39 is 18.2 Å². The van der Waals surface area contributed by atoms with Crippen LogP contribution in [0, 0.1) is 0 Å². The summed E-state index contributed by atoms with van der Waals surface area (Å²) < 4.78 is 16.7. The van der Waals surface area contributed by atoms with Gasteiger partial charge in [-0.25, -0.2) is 4.79 Å². The van der Waals surface area contributed by atoms with Gasteiger partial charge in [0.15, 0.2) is 5.76 Å². The maximum atomic E-state index is 13.0. The van der Waals surface area contributed by atoms with Crippen LogP contribution in [0.2, 0.25) is 0 Å². The number of nitrogens with one attached hydrogen (secondary N) is 1. The van der Waals surface area contributed by atoms with Crippen LogP contribution in [0.15, 0.2) is 84.6 Å². The molecule has 186 valence electrons. The number of hydrogen-bond donors (Lipinski definition) is 3. The van der Waals surface area contributed by atoms with Gasteiger partial charge in [0.25, 0.3) is 5.91 Å². The summed E-state index contributed by atoms with van der Waals surface area (Å²) in [4.78, 5) is 24.8. The number of rotatable bonds is 8. The molecular formula is C28H27NO7. The Bertz CT molecular complexity index is 1240. The molecule has 0 radical (unpaired) electrons. The Hall–Kier alpha value is -4.14. The Morgan fingerprint density at radius 1 is 1.00 bits per heavy atom. The molecule has 0 fully saturated rings. The van der Waals surface area contributed by atoms with E-state index in [9.17, 15) is 19.8 Å². The number of phenols is 1. The molecule has 0 aliphatic carbocycles. The first kappa shape index (κ1) is 25.0. The normalized spacial score (nSPS) is 17.0. The molecule has 8 heteroatoms. The highest BCUT2D eigenvalue weighted by Gasteiger charge is 2.29. The molecule has 0 spiro atoms. The second-order valence-electron chi connectivity index (χ2n) is 8.29. The maximum absolute atomic E-state index is 13.0. The van der Waals surface area contributed by atoms with Crippen molar-refractivity contribution in [3.05, 3.63) is 107 Å². The summed E-state index contributed by atoms with van der Waals surface area (Å²) in [6.07, 6.45) is 1.43. The molecule has 1 amide bonds. The number of hydrogen-bond acceptors (Lipinski definition) is 7. The predicted octanol–water partition coefficient (Wildman–Crippen LogP) is 4.24. The van der Waals surface area contributed by atoms with Gasteiger partial charge in [-0.15, -0.1) is 0 Å². The van der Waals surface area contributed by atoms with E-state index in [0.29, 0.717) is 12.0 Å². The average molecular weight is 490 g/mol. The van der Waals surface area contributed by atoms with Gasteiger partial charge in [-0.2, -0.15) is 0 Å². The van der Waals surface area contributed by atoms with Crippen LogP contribution < -0.4 is 5.32 Å². The average Bonchev–Trinajstić information content (AvgIpc) is 2.93. The Morgan fingerprint density at radius 3 is 2.36 bits per heavy atom. The lowest BCUT2D eigenvalue weighted by molar-refractivity contribution is -0.147. The van der Waals surface area contributed by atoms with Crippen molar-refractivity contribution in [3.8, 4) is 5.75 Å². The van der Waals surface area contributed by atoms with E-state index in [0.717, 1.165) is 16.7 Å². The fraction of sp³-hybridized carbons (Fsp3) is 0.214. The third kappa shape index (κ3) is 6.10. The Balaban J connectivity index is 1.54. The van der Waals surface area contributed by atoms with Gasteiger partial charge in [0, 0.05) is 12.3 Å². The molecule has 2 unspecified atom stereocenters. The molecule has 4 rings (SSSR count). The van der Waals surface area contributed by atoms with Crippen LogP contribution >= 0.6 is 0 Å². The van der Waals surface area contributed by atoms with Crippen molar-refractivity contribution < 1.29 is 34.0 Å². The second kappa shape index (κ2) is 11.5. The minimum atomic E-state index is -0.720. The summed E-state index contributed by atoms with van der Waals surface area (Å²) in [6.45, 7) is 0.211. The molecule has 1 heterocycles. The Kier molecular flexibility index (Phi) is 7.99. The van der Waals surface area contributed by atoms with Crippen LogP contribution in [0.25, 0.3) is 0 Å². The number of amides is 1. The number of aliphatic hydroxyl groups excluding tert-OH is 1. The first-order valence-corrected chi connectivity index (χ1v) is 11.4. The van der Waals surface area contributed by atoms with Crippen molar-refractivity contribution in [2.75, 3.05) is 12.4 Å². The van der Waals surface area contributed by atoms with Crippen LogP contribution in [-0.4, -0.2) is 35.5 Å². The van der Waals surface area contributed by atoms with Gasteiger partial charge < -0.3 is 29.7 Å². The molecule has 0 aromatic heterocycles. The standard InChI is InChI=1S/C28H27NO7/c1-34-28(33)21-12-10-20(11-13-21)22-14-25(27(32)29-23-4-2-3-5-24(23)31)36-26(15-22)35-17-19-8-6-18(16-30)7-9-19/h2-14,22,26,30-31H,15-17H2,1H3,(H,29,32). The third-order valence-electron chi connectivity index (χ3n) is 5.83. The summed E-state index contributed by atoms with van der Waals surface area (Å²) in [5.41, 5.74) is 3.25. The summed E-state index contributed by atoms with van der Waals surface area (Å²) in [7, 11) is 1.33. The predicted molar refractivity (Wildman–Crippen MR) is 132 cm³/mol. The molecule has 1 aliphatic heterocycles. The Labute approximate surface area is 208 Å². The second-order valence-corrected chi connectivity index (χ2v) is 8.29. The lowest BCUT2D eigenvalue weighted by atomic mass is 9.92. The number of ether oxygens (including phenoxy) is 3. The number of para-hydroxylation sites is 2. The van der Waals surface area contributed by atoms with Crippen LogP contribution in [0.4, 0.5) is 5.69 Å². The van der Waals surface area contributed by atoms with Crippen LogP contribution in [0.5, 0.6) is 5.75 Å². The van der Waals surface area contributed by atoms with E-state index in [1.807, 2.05) is 36.4 Å². The van der Waals surface area contributed by atoms with E-state index >= 15 is 0 Å². The number of aromatic hydroxyl groups is 1. The number of esters is 1. The summed E-state index contributed by atoms with van der Waals surface area (Å²) in [5.74, 6) is -1.17. The first-order valence-electron chi connectivity index (χ1n) is 11.4. The van der Waals surface area contributed by atoms with E-state index in [-0.39, 0.29) is 36.3 Å². The molecule has 0 saturated carbocycles. The van der Waals surface area contributed by atoms with Crippen LogP contribution in [0.3, 0.4) is 0 Å². The van der Waals surface area contributed by atoms with Gasteiger partial charge in [0.1, 0.15) is 5.75 Å². The number of carbonyl (C=O) groups excluding carboxylic acids is 2. The van der Waals surface area contributed by atoms with Gasteiger partial charge in [0.2, 0.25) is 6.29 Å². The fourth-order valence-corrected chi connectivity index (χ4v) is 3.83. The van der Waals surface area contributed by atoms with E-state index in [1.54, 1.807) is 36.4 Å². The van der Waals surface area contributed by atoms with Crippen LogP contribution in [0.1, 0.15) is 39.4 Å². The van der Waals surface area contributed by atoms with Gasteiger partial charge >= 0.3 is 5.97 Å². The highest BCUT2D eigenvalue weighted by Crippen LogP contribution is 2.33. The third-order valence-corrected chi connectivity index (χ3v) is 5.83. The van der Waals surface area contributed by atoms with Gasteiger partial charge in [-0.05, 0) is 47.0 Å². The zero-order chi connectivity index (χ0) is 25.5. The zero-order valence-electron chi connectivity index (χ0n) is 19.7. The largest absolute Gasteiger partial charge is 0.506 e. The minimum Gasteiger partial charge on any atom is -0.506 e. The van der Waals surface area contributed by atoms with Crippen molar-refractivity contribution in [2.45, 2.75) is 31.8 Å². The molecule has 2 atom stereocenters. The van der Waals surface area contributed by atoms with Crippen molar-refractivity contribution in [3.63, 3.8) is 0 Å². The summed E-state index contributed by atoms with van der Waals surface area (Å²) in [5, 5.41) is 21.9.